The monoisotopic (exact) mass is 254 g/mol. The van der Waals surface area contributed by atoms with Crippen LogP contribution in [0.15, 0.2) is 30.3 Å². The molecule has 4 heteroatoms. The molecule has 0 radical (unpaired) electrons. The van der Waals surface area contributed by atoms with E-state index in [1.165, 1.54) is 6.26 Å². The van der Waals surface area contributed by atoms with E-state index in [1.54, 1.807) is 0 Å². The van der Waals surface area contributed by atoms with Gasteiger partial charge in [-0.05, 0) is 18.4 Å². The molecule has 1 rings (SSSR count). The average Bonchev–Trinajstić information content (AvgIpc) is 2.26. The Bertz CT molecular complexity index is 449. The van der Waals surface area contributed by atoms with Crippen molar-refractivity contribution < 1.29 is 13.2 Å². The van der Waals surface area contributed by atoms with Gasteiger partial charge in [0.25, 0.3) is 0 Å². The fourth-order valence-corrected chi connectivity index (χ4v) is 2.25. The predicted molar refractivity (Wildman–Crippen MR) is 68.7 cm³/mol. The van der Waals surface area contributed by atoms with Crippen LogP contribution < -0.4 is 0 Å². The largest absolute Gasteiger partial charge is 0.300 e. The summed E-state index contributed by atoms with van der Waals surface area (Å²) in [6, 6.07) is 9.82. The van der Waals surface area contributed by atoms with Crippen LogP contribution in [-0.4, -0.2) is 26.2 Å². The second kappa shape index (κ2) is 6.55. The zero-order chi connectivity index (χ0) is 12.7. The van der Waals surface area contributed by atoms with Gasteiger partial charge in [0.15, 0.2) is 0 Å². The molecule has 0 heterocycles. The van der Waals surface area contributed by atoms with E-state index in [0.717, 1.165) is 12.0 Å². The Hall–Kier alpha value is -1.16. The molecule has 0 bridgehead atoms. The lowest BCUT2D eigenvalue weighted by atomic mass is 10.1. The van der Waals surface area contributed by atoms with Gasteiger partial charge in [0.2, 0.25) is 0 Å². The minimum absolute atomic E-state index is 0.101. The molecule has 0 atom stereocenters. The Labute approximate surface area is 103 Å². The average molecular weight is 254 g/mol. The first-order valence-electron chi connectivity index (χ1n) is 5.71. The van der Waals surface area contributed by atoms with Crippen molar-refractivity contribution in [2.24, 2.45) is 0 Å². The van der Waals surface area contributed by atoms with Crippen LogP contribution in [0, 0.1) is 0 Å². The summed E-state index contributed by atoms with van der Waals surface area (Å²) in [6.45, 7) is 0. The Morgan fingerprint density at radius 3 is 2.35 bits per heavy atom. The molecule has 1 aromatic carbocycles. The molecular formula is C13H18O3S. The van der Waals surface area contributed by atoms with Crippen molar-refractivity contribution in [3.8, 4) is 0 Å². The van der Waals surface area contributed by atoms with Gasteiger partial charge in [-0.1, -0.05) is 30.3 Å². The van der Waals surface area contributed by atoms with Crippen molar-refractivity contribution >= 4 is 15.6 Å². The third-order valence-electron chi connectivity index (χ3n) is 2.51. The van der Waals surface area contributed by atoms with Crippen LogP contribution in [0.25, 0.3) is 0 Å². The Balaban J connectivity index is 2.22. The number of benzene rings is 1. The Kier molecular flexibility index (Phi) is 5.35. The number of carbonyl (C=O) groups is 1. The number of Topliss-reactive ketones (excluding diaryl/α,β-unsaturated/α-hetero) is 1. The summed E-state index contributed by atoms with van der Waals surface area (Å²) in [4.78, 5) is 11.5. The van der Waals surface area contributed by atoms with Gasteiger partial charge in [-0.2, -0.15) is 0 Å². The molecule has 0 unspecified atom stereocenters. The predicted octanol–water partition coefficient (Wildman–Crippen LogP) is 2.01. The van der Waals surface area contributed by atoms with Gasteiger partial charge in [0, 0.05) is 19.1 Å². The molecular weight excluding hydrogens is 236 g/mol. The highest BCUT2D eigenvalue weighted by molar-refractivity contribution is 7.90. The third kappa shape index (κ3) is 6.89. The normalized spacial score (nSPS) is 11.4. The van der Waals surface area contributed by atoms with Gasteiger partial charge in [0.1, 0.15) is 15.6 Å². The molecule has 0 amide bonds. The van der Waals surface area contributed by atoms with Gasteiger partial charge in [-0.3, -0.25) is 4.79 Å². The molecule has 0 aromatic heterocycles. The van der Waals surface area contributed by atoms with Crippen LogP contribution in [0.4, 0.5) is 0 Å². The van der Waals surface area contributed by atoms with Crippen LogP contribution in [-0.2, 0) is 21.1 Å². The van der Waals surface area contributed by atoms with Gasteiger partial charge < -0.3 is 0 Å². The lowest BCUT2D eigenvalue weighted by Crippen LogP contribution is -2.07. The van der Waals surface area contributed by atoms with Crippen molar-refractivity contribution in [1.82, 2.24) is 0 Å². The molecule has 0 fully saturated rings. The highest BCUT2D eigenvalue weighted by Gasteiger charge is 2.06. The van der Waals surface area contributed by atoms with Crippen LogP contribution in [0.3, 0.4) is 0 Å². The lowest BCUT2D eigenvalue weighted by Gasteiger charge is -2.01. The van der Waals surface area contributed by atoms with Crippen LogP contribution in [0.1, 0.15) is 24.8 Å². The zero-order valence-electron chi connectivity index (χ0n) is 10.1. The SMILES string of the molecule is CS(=O)(=O)CCCC(=O)CCc1ccccc1. The highest BCUT2D eigenvalue weighted by Crippen LogP contribution is 2.05. The van der Waals surface area contributed by atoms with Crippen LogP contribution in [0.5, 0.6) is 0 Å². The van der Waals surface area contributed by atoms with E-state index in [2.05, 4.69) is 0 Å². The van der Waals surface area contributed by atoms with E-state index in [0.29, 0.717) is 19.3 Å². The number of rotatable bonds is 7. The highest BCUT2D eigenvalue weighted by atomic mass is 32.2. The molecule has 0 N–H and O–H groups in total. The van der Waals surface area contributed by atoms with Gasteiger partial charge in [-0.25, -0.2) is 8.42 Å². The molecule has 0 saturated carbocycles. The van der Waals surface area contributed by atoms with E-state index in [4.69, 9.17) is 0 Å². The van der Waals surface area contributed by atoms with Gasteiger partial charge >= 0.3 is 0 Å². The van der Waals surface area contributed by atoms with Crippen LogP contribution in [0.2, 0.25) is 0 Å². The summed E-state index contributed by atoms with van der Waals surface area (Å²) < 4.78 is 21.8. The van der Waals surface area contributed by atoms with E-state index in [-0.39, 0.29) is 11.5 Å². The molecule has 0 aliphatic heterocycles. The van der Waals surface area contributed by atoms with Gasteiger partial charge in [0.05, 0.1) is 5.75 Å². The number of aryl methyl sites for hydroxylation is 1. The summed E-state index contributed by atoms with van der Waals surface area (Å²) in [5, 5.41) is 0. The Morgan fingerprint density at radius 1 is 1.12 bits per heavy atom. The van der Waals surface area contributed by atoms with Crippen molar-refractivity contribution in [3.63, 3.8) is 0 Å². The number of hydrogen-bond acceptors (Lipinski definition) is 3. The maximum atomic E-state index is 11.5. The summed E-state index contributed by atoms with van der Waals surface area (Å²) in [5.74, 6) is 0.238. The standard InChI is InChI=1S/C13H18O3S/c1-17(15,16)11-5-8-13(14)10-9-12-6-3-2-4-7-12/h2-4,6-7H,5,8-11H2,1H3. The molecule has 94 valence electrons. The fourth-order valence-electron chi connectivity index (χ4n) is 1.58. The van der Waals surface area contributed by atoms with Crippen molar-refractivity contribution in [2.45, 2.75) is 25.7 Å². The van der Waals surface area contributed by atoms with Gasteiger partial charge in [-0.15, -0.1) is 0 Å². The van der Waals surface area contributed by atoms with E-state index in [9.17, 15) is 13.2 Å². The fraction of sp³-hybridized carbons (Fsp3) is 0.462. The summed E-state index contributed by atoms with van der Waals surface area (Å²) in [6.07, 6.45) is 3.22. The molecule has 0 aliphatic carbocycles. The summed E-state index contributed by atoms with van der Waals surface area (Å²) in [7, 11) is -2.94. The maximum absolute atomic E-state index is 11.5. The van der Waals surface area contributed by atoms with E-state index in [1.807, 2.05) is 30.3 Å². The third-order valence-corrected chi connectivity index (χ3v) is 3.54. The van der Waals surface area contributed by atoms with E-state index < -0.39 is 9.84 Å². The molecule has 17 heavy (non-hydrogen) atoms. The number of carbonyl (C=O) groups excluding carboxylic acids is 1. The summed E-state index contributed by atoms with van der Waals surface area (Å²) >= 11 is 0. The quantitative estimate of drug-likeness (QED) is 0.748. The molecule has 0 saturated heterocycles. The number of sulfone groups is 1. The number of ketones is 1. The summed E-state index contributed by atoms with van der Waals surface area (Å²) in [5.41, 5.74) is 1.14. The first-order valence-corrected chi connectivity index (χ1v) is 7.77. The van der Waals surface area contributed by atoms with Crippen LogP contribution >= 0.6 is 0 Å². The Morgan fingerprint density at radius 2 is 1.76 bits per heavy atom. The molecule has 3 nitrogen and oxygen atoms in total. The second-order valence-electron chi connectivity index (χ2n) is 4.26. The minimum Gasteiger partial charge on any atom is -0.300 e. The minimum atomic E-state index is -2.94. The topological polar surface area (TPSA) is 51.2 Å². The second-order valence-corrected chi connectivity index (χ2v) is 6.52. The first kappa shape index (κ1) is 13.9. The van der Waals surface area contributed by atoms with E-state index >= 15 is 0 Å². The van der Waals surface area contributed by atoms with Crippen molar-refractivity contribution in [3.05, 3.63) is 35.9 Å². The van der Waals surface area contributed by atoms with Crippen molar-refractivity contribution in [2.75, 3.05) is 12.0 Å². The molecule has 1 aromatic rings. The molecule has 0 spiro atoms. The smallest absolute Gasteiger partial charge is 0.147 e. The first-order chi connectivity index (χ1) is 7.97. The number of hydrogen-bond donors (Lipinski definition) is 0. The maximum Gasteiger partial charge on any atom is 0.147 e. The lowest BCUT2D eigenvalue weighted by molar-refractivity contribution is -0.119. The van der Waals surface area contributed by atoms with Crippen molar-refractivity contribution in [1.29, 1.82) is 0 Å². The zero-order valence-corrected chi connectivity index (χ0v) is 10.9. The molecule has 0 aliphatic rings.